The van der Waals surface area contributed by atoms with Crippen molar-refractivity contribution in [2.24, 2.45) is 0 Å². The normalized spacial score (nSPS) is 18.4. The van der Waals surface area contributed by atoms with E-state index in [9.17, 15) is 14.7 Å². The van der Waals surface area contributed by atoms with Crippen LogP contribution in [0, 0.1) is 0 Å². The van der Waals surface area contributed by atoms with Crippen molar-refractivity contribution in [3.8, 4) is 0 Å². The predicted molar refractivity (Wildman–Crippen MR) is 106 cm³/mol. The number of aromatic carboxylic acids is 1. The van der Waals surface area contributed by atoms with Crippen LogP contribution >= 0.6 is 0 Å². The quantitative estimate of drug-likeness (QED) is 0.457. The topological polar surface area (TPSA) is 77.8 Å². The first-order valence-electron chi connectivity index (χ1n) is 9.99. The third-order valence-electron chi connectivity index (χ3n) is 5.10. The van der Waals surface area contributed by atoms with Gasteiger partial charge in [-0.1, -0.05) is 50.5 Å². The minimum atomic E-state index is -0.921. The molecule has 1 aliphatic rings. The second-order valence-electron chi connectivity index (χ2n) is 7.25. The number of carbonyl (C=O) groups excluding carboxylic acids is 1. The molecule has 5 nitrogen and oxygen atoms in total. The zero-order chi connectivity index (χ0) is 19.6. The summed E-state index contributed by atoms with van der Waals surface area (Å²) in [6, 6.07) is 6.97. The summed E-state index contributed by atoms with van der Waals surface area (Å²) in [6.07, 6.45) is 10.5. The van der Waals surface area contributed by atoms with Crippen molar-refractivity contribution in [3.05, 3.63) is 47.5 Å². The van der Waals surface area contributed by atoms with Gasteiger partial charge in [0.05, 0.1) is 17.7 Å². The molecule has 1 fully saturated rings. The Balaban J connectivity index is 1.80. The van der Waals surface area contributed by atoms with Gasteiger partial charge in [-0.25, -0.2) is 4.79 Å². The molecule has 1 aromatic rings. The molecule has 1 aromatic carbocycles. The minimum absolute atomic E-state index is 0.0766. The van der Waals surface area contributed by atoms with Gasteiger partial charge >= 0.3 is 5.97 Å². The van der Waals surface area contributed by atoms with Crippen LogP contribution in [0.2, 0.25) is 0 Å². The van der Waals surface area contributed by atoms with Crippen molar-refractivity contribution in [1.82, 2.24) is 4.90 Å². The molecule has 1 aliphatic heterocycles. The number of benzene rings is 1. The summed E-state index contributed by atoms with van der Waals surface area (Å²) in [5.41, 5.74) is 1.36. The molecule has 2 atom stereocenters. The number of rotatable bonds is 11. The van der Waals surface area contributed by atoms with Crippen molar-refractivity contribution in [3.63, 3.8) is 0 Å². The first-order valence-corrected chi connectivity index (χ1v) is 9.99. The van der Waals surface area contributed by atoms with E-state index >= 15 is 0 Å². The SMILES string of the molecule is CCCCCC(O)/C=C/[C@H]1CCC(=O)N1CCCc1ccc(C(=O)O)cc1. The van der Waals surface area contributed by atoms with Gasteiger partial charge in [-0.3, -0.25) is 4.79 Å². The van der Waals surface area contributed by atoms with Crippen LogP contribution in [0.1, 0.15) is 67.8 Å². The Bertz CT molecular complexity index is 638. The van der Waals surface area contributed by atoms with Crippen LogP contribution in [-0.2, 0) is 11.2 Å². The number of likely N-dealkylation sites (tertiary alicyclic amines) is 1. The van der Waals surface area contributed by atoms with E-state index in [4.69, 9.17) is 5.11 Å². The van der Waals surface area contributed by atoms with Gasteiger partial charge in [-0.15, -0.1) is 0 Å². The summed E-state index contributed by atoms with van der Waals surface area (Å²) in [4.78, 5) is 25.0. The fourth-order valence-electron chi connectivity index (χ4n) is 3.47. The Kier molecular flexibility index (Phi) is 8.52. The molecule has 5 heteroatoms. The summed E-state index contributed by atoms with van der Waals surface area (Å²) in [6.45, 7) is 2.82. The molecule has 2 N–H and O–H groups in total. The number of carbonyl (C=O) groups is 2. The molecule has 1 heterocycles. The van der Waals surface area contributed by atoms with Crippen molar-refractivity contribution < 1.29 is 19.8 Å². The van der Waals surface area contributed by atoms with Crippen LogP contribution < -0.4 is 0 Å². The fraction of sp³-hybridized carbons (Fsp3) is 0.545. The maximum atomic E-state index is 12.2. The van der Waals surface area contributed by atoms with Crippen molar-refractivity contribution >= 4 is 11.9 Å². The molecule has 0 spiro atoms. The highest BCUT2D eigenvalue weighted by Crippen LogP contribution is 2.21. The predicted octanol–water partition coefficient (Wildman–Crippen LogP) is 3.81. The molecule has 2 rings (SSSR count). The maximum absolute atomic E-state index is 12.2. The molecule has 0 bridgehead atoms. The Hall–Kier alpha value is -2.14. The van der Waals surface area contributed by atoms with Crippen LogP contribution in [0.15, 0.2) is 36.4 Å². The molecule has 0 aromatic heterocycles. The zero-order valence-corrected chi connectivity index (χ0v) is 16.1. The summed E-state index contributed by atoms with van der Waals surface area (Å²) in [5, 5.41) is 19.0. The van der Waals surface area contributed by atoms with Crippen LogP contribution in [0.5, 0.6) is 0 Å². The first-order chi connectivity index (χ1) is 13.0. The highest BCUT2D eigenvalue weighted by Gasteiger charge is 2.28. The number of carboxylic acid groups (broad SMARTS) is 1. The number of nitrogens with zero attached hydrogens (tertiary/aromatic N) is 1. The van der Waals surface area contributed by atoms with Gasteiger partial charge in [0.25, 0.3) is 0 Å². The smallest absolute Gasteiger partial charge is 0.335 e. The number of hydrogen-bond acceptors (Lipinski definition) is 3. The lowest BCUT2D eigenvalue weighted by molar-refractivity contribution is -0.128. The Labute approximate surface area is 161 Å². The molecule has 1 amide bonds. The van der Waals surface area contributed by atoms with E-state index in [1.165, 1.54) is 0 Å². The summed E-state index contributed by atoms with van der Waals surface area (Å²) < 4.78 is 0. The number of amides is 1. The Morgan fingerprint density at radius 3 is 2.67 bits per heavy atom. The van der Waals surface area contributed by atoms with Gasteiger partial charge < -0.3 is 15.1 Å². The number of carboxylic acids is 1. The highest BCUT2D eigenvalue weighted by atomic mass is 16.4. The second-order valence-corrected chi connectivity index (χ2v) is 7.25. The van der Waals surface area contributed by atoms with E-state index in [0.717, 1.165) is 50.5 Å². The van der Waals surface area contributed by atoms with E-state index in [-0.39, 0.29) is 17.5 Å². The van der Waals surface area contributed by atoms with Crippen LogP contribution in [0.3, 0.4) is 0 Å². The van der Waals surface area contributed by atoms with Gasteiger partial charge in [-0.2, -0.15) is 0 Å². The molecule has 27 heavy (non-hydrogen) atoms. The average Bonchev–Trinajstić information content (AvgIpc) is 3.00. The van der Waals surface area contributed by atoms with Crippen molar-refractivity contribution in [1.29, 1.82) is 0 Å². The lowest BCUT2D eigenvalue weighted by Crippen LogP contribution is -2.33. The lowest BCUT2D eigenvalue weighted by atomic mass is 10.1. The molecule has 0 radical (unpaired) electrons. The van der Waals surface area contributed by atoms with E-state index in [2.05, 4.69) is 6.92 Å². The third-order valence-corrected chi connectivity index (χ3v) is 5.10. The molecular formula is C22H31NO4. The summed E-state index contributed by atoms with van der Waals surface area (Å²) in [5.74, 6) is -0.748. The van der Waals surface area contributed by atoms with Gasteiger partial charge in [0, 0.05) is 13.0 Å². The molecule has 148 valence electrons. The van der Waals surface area contributed by atoms with Crippen molar-refractivity contribution in [2.45, 2.75) is 70.4 Å². The van der Waals surface area contributed by atoms with Gasteiger partial charge in [0.1, 0.15) is 0 Å². The van der Waals surface area contributed by atoms with Crippen LogP contribution in [-0.4, -0.2) is 45.7 Å². The zero-order valence-electron chi connectivity index (χ0n) is 16.1. The number of aryl methyl sites for hydroxylation is 1. The van der Waals surface area contributed by atoms with E-state index in [0.29, 0.717) is 13.0 Å². The molecule has 1 unspecified atom stereocenters. The van der Waals surface area contributed by atoms with Crippen LogP contribution in [0.4, 0.5) is 0 Å². The molecule has 0 saturated carbocycles. The number of aliphatic hydroxyl groups excluding tert-OH is 1. The first kappa shape index (κ1) is 21.2. The van der Waals surface area contributed by atoms with Crippen molar-refractivity contribution in [2.75, 3.05) is 6.54 Å². The van der Waals surface area contributed by atoms with E-state index in [1.54, 1.807) is 12.1 Å². The van der Waals surface area contributed by atoms with Gasteiger partial charge in [0.2, 0.25) is 5.91 Å². The third kappa shape index (κ3) is 6.83. The molecule has 1 saturated heterocycles. The second kappa shape index (κ2) is 10.9. The Morgan fingerprint density at radius 2 is 2.00 bits per heavy atom. The largest absolute Gasteiger partial charge is 0.478 e. The standard InChI is InChI=1S/C22H31NO4/c1-2-3-4-7-20(24)14-12-19-13-15-21(25)23(19)16-5-6-17-8-10-18(11-9-17)22(26)27/h8-12,14,19-20,24H,2-7,13,15-16H2,1H3,(H,26,27)/b14-12+/t19-,20?/m0/s1. The van der Waals surface area contributed by atoms with Crippen LogP contribution in [0.25, 0.3) is 0 Å². The average molecular weight is 373 g/mol. The number of aliphatic hydroxyl groups is 1. The summed E-state index contributed by atoms with van der Waals surface area (Å²) in [7, 11) is 0. The molecular weight excluding hydrogens is 342 g/mol. The summed E-state index contributed by atoms with van der Waals surface area (Å²) >= 11 is 0. The lowest BCUT2D eigenvalue weighted by Gasteiger charge is -2.22. The maximum Gasteiger partial charge on any atom is 0.335 e. The fourth-order valence-corrected chi connectivity index (χ4v) is 3.47. The van der Waals surface area contributed by atoms with E-state index < -0.39 is 12.1 Å². The van der Waals surface area contributed by atoms with Gasteiger partial charge in [-0.05, 0) is 43.4 Å². The van der Waals surface area contributed by atoms with E-state index in [1.807, 2.05) is 29.2 Å². The molecule has 0 aliphatic carbocycles. The Morgan fingerprint density at radius 1 is 1.26 bits per heavy atom. The van der Waals surface area contributed by atoms with Gasteiger partial charge in [0.15, 0.2) is 0 Å². The monoisotopic (exact) mass is 373 g/mol. The number of hydrogen-bond donors (Lipinski definition) is 2. The highest BCUT2D eigenvalue weighted by molar-refractivity contribution is 5.87. The minimum Gasteiger partial charge on any atom is -0.478 e. The number of unbranched alkanes of at least 4 members (excludes halogenated alkanes) is 2.